The van der Waals surface area contributed by atoms with Gasteiger partial charge in [0.15, 0.2) is 0 Å². The van der Waals surface area contributed by atoms with Crippen LogP contribution in [-0.2, 0) is 6.54 Å². The van der Waals surface area contributed by atoms with Gasteiger partial charge in [-0.05, 0) is 47.7 Å². The van der Waals surface area contributed by atoms with Gasteiger partial charge >= 0.3 is 0 Å². The molecule has 0 spiro atoms. The fourth-order valence-corrected chi connectivity index (χ4v) is 5.95. The Morgan fingerprint density at radius 2 is 1.41 bits per heavy atom. The molecule has 4 heteroatoms. The standard InChI is InChI=1S/C33H28N2OS/c1-3-14-26(15-4-1)32(37-27-17-5-2-6-18-27)33-34-29-20-9-10-21-30(29)35(33)23-12-24-36-31-22-11-16-25-13-7-8-19-28(25)31/h1-11,13-22,32H,12,23-24H2. The molecule has 1 atom stereocenters. The van der Waals surface area contributed by atoms with Crippen LogP contribution in [0.25, 0.3) is 21.8 Å². The van der Waals surface area contributed by atoms with E-state index in [9.17, 15) is 0 Å². The summed E-state index contributed by atoms with van der Waals surface area (Å²) in [5.41, 5.74) is 3.44. The summed E-state index contributed by atoms with van der Waals surface area (Å²) >= 11 is 1.85. The summed E-state index contributed by atoms with van der Waals surface area (Å²) < 4.78 is 8.66. The van der Waals surface area contributed by atoms with Crippen molar-refractivity contribution in [2.45, 2.75) is 23.1 Å². The van der Waals surface area contributed by atoms with Crippen molar-refractivity contribution in [2.24, 2.45) is 0 Å². The van der Waals surface area contributed by atoms with E-state index < -0.39 is 0 Å². The first-order valence-corrected chi connectivity index (χ1v) is 13.6. The number of fused-ring (bicyclic) bond motifs is 2. The van der Waals surface area contributed by atoms with Crippen molar-refractivity contribution in [1.82, 2.24) is 9.55 Å². The second kappa shape index (κ2) is 10.9. The molecule has 0 aliphatic heterocycles. The number of hydrogen-bond donors (Lipinski definition) is 0. The van der Waals surface area contributed by atoms with Crippen LogP contribution >= 0.6 is 11.8 Å². The van der Waals surface area contributed by atoms with Crippen molar-refractivity contribution in [2.75, 3.05) is 6.61 Å². The van der Waals surface area contributed by atoms with Gasteiger partial charge in [0.05, 0.1) is 22.9 Å². The highest BCUT2D eigenvalue weighted by Crippen LogP contribution is 2.41. The first-order chi connectivity index (χ1) is 18.4. The zero-order valence-corrected chi connectivity index (χ0v) is 21.4. The molecule has 0 aliphatic carbocycles. The van der Waals surface area contributed by atoms with Gasteiger partial charge in [0.25, 0.3) is 0 Å². The Hall–Kier alpha value is -4.02. The minimum atomic E-state index is 0.0787. The molecule has 1 heterocycles. The predicted octanol–water partition coefficient (Wildman–Crippen LogP) is 8.54. The first-order valence-electron chi connectivity index (χ1n) is 12.7. The monoisotopic (exact) mass is 500 g/mol. The van der Waals surface area contributed by atoms with E-state index in [1.54, 1.807) is 0 Å². The molecule has 5 aromatic carbocycles. The lowest BCUT2D eigenvalue weighted by Gasteiger charge is -2.19. The second-order valence-corrected chi connectivity index (χ2v) is 10.2. The lowest BCUT2D eigenvalue weighted by Crippen LogP contribution is -2.11. The molecular formula is C33H28N2OS. The summed E-state index contributed by atoms with van der Waals surface area (Å²) in [5.74, 6) is 2.02. The van der Waals surface area contributed by atoms with Gasteiger partial charge in [-0.15, -0.1) is 11.8 Å². The Labute approximate surface area is 221 Å². The molecule has 37 heavy (non-hydrogen) atoms. The molecule has 0 bridgehead atoms. The van der Waals surface area contributed by atoms with Gasteiger partial charge in [0.2, 0.25) is 0 Å². The van der Waals surface area contributed by atoms with Crippen molar-refractivity contribution in [1.29, 1.82) is 0 Å². The lowest BCUT2D eigenvalue weighted by molar-refractivity contribution is 0.305. The smallest absolute Gasteiger partial charge is 0.127 e. The summed E-state index contributed by atoms with van der Waals surface area (Å²) in [5, 5.41) is 2.43. The van der Waals surface area contributed by atoms with Crippen molar-refractivity contribution < 1.29 is 4.74 Å². The SMILES string of the molecule is c1ccc(SC(c2ccccc2)c2nc3ccccc3n2CCCOc2cccc3ccccc23)cc1. The van der Waals surface area contributed by atoms with Crippen molar-refractivity contribution in [3.05, 3.63) is 139 Å². The molecule has 0 N–H and O–H groups in total. The zero-order valence-electron chi connectivity index (χ0n) is 20.5. The van der Waals surface area contributed by atoms with Crippen LogP contribution in [0.5, 0.6) is 5.75 Å². The van der Waals surface area contributed by atoms with Crippen LogP contribution in [0.2, 0.25) is 0 Å². The minimum Gasteiger partial charge on any atom is -0.493 e. The summed E-state index contributed by atoms with van der Waals surface area (Å²) in [6.07, 6.45) is 0.883. The zero-order chi connectivity index (χ0) is 24.9. The number of thioether (sulfide) groups is 1. The van der Waals surface area contributed by atoms with Gasteiger partial charge in [0.1, 0.15) is 11.6 Å². The highest BCUT2D eigenvalue weighted by molar-refractivity contribution is 7.99. The van der Waals surface area contributed by atoms with Crippen LogP contribution in [0.4, 0.5) is 0 Å². The third kappa shape index (κ3) is 5.11. The molecule has 1 unspecified atom stereocenters. The third-order valence-corrected chi connectivity index (χ3v) is 7.81. The van der Waals surface area contributed by atoms with E-state index in [1.807, 2.05) is 11.8 Å². The molecule has 0 amide bonds. The van der Waals surface area contributed by atoms with E-state index in [-0.39, 0.29) is 5.25 Å². The fraction of sp³-hybridized carbons (Fsp3) is 0.121. The number of aromatic nitrogens is 2. The number of rotatable bonds is 9. The summed E-state index contributed by atoms with van der Waals surface area (Å²) in [6, 6.07) is 44.4. The van der Waals surface area contributed by atoms with Crippen LogP contribution in [-0.4, -0.2) is 16.2 Å². The minimum absolute atomic E-state index is 0.0787. The van der Waals surface area contributed by atoms with E-state index in [2.05, 4.69) is 132 Å². The molecule has 0 radical (unpaired) electrons. The van der Waals surface area contributed by atoms with Crippen LogP contribution in [0.1, 0.15) is 23.1 Å². The van der Waals surface area contributed by atoms with Crippen LogP contribution in [0.15, 0.2) is 132 Å². The highest BCUT2D eigenvalue weighted by atomic mass is 32.2. The maximum absolute atomic E-state index is 6.27. The third-order valence-electron chi connectivity index (χ3n) is 6.55. The number of benzene rings is 5. The van der Waals surface area contributed by atoms with Gasteiger partial charge < -0.3 is 9.30 Å². The van der Waals surface area contributed by atoms with Crippen molar-refractivity contribution in [3.63, 3.8) is 0 Å². The predicted molar refractivity (Wildman–Crippen MR) is 154 cm³/mol. The number of aryl methyl sites for hydroxylation is 1. The molecular weight excluding hydrogens is 472 g/mol. The lowest BCUT2D eigenvalue weighted by atomic mass is 10.1. The number of hydrogen-bond acceptors (Lipinski definition) is 3. The molecule has 0 fully saturated rings. The molecule has 0 saturated carbocycles. The van der Waals surface area contributed by atoms with E-state index in [0.29, 0.717) is 6.61 Å². The molecule has 1 aromatic heterocycles. The molecule has 182 valence electrons. The Balaban J connectivity index is 1.29. The Bertz CT molecular complexity index is 1610. The average Bonchev–Trinajstić information content (AvgIpc) is 3.33. The van der Waals surface area contributed by atoms with Crippen LogP contribution in [0.3, 0.4) is 0 Å². The summed E-state index contributed by atoms with van der Waals surface area (Å²) in [4.78, 5) is 6.40. The number of imidazole rings is 1. The Morgan fingerprint density at radius 1 is 0.703 bits per heavy atom. The number of para-hydroxylation sites is 2. The topological polar surface area (TPSA) is 27.1 Å². The largest absolute Gasteiger partial charge is 0.493 e. The molecule has 3 nitrogen and oxygen atoms in total. The fourth-order valence-electron chi connectivity index (χ4n) is 4.79. The van der Waals surface area contributed by atoms with Gasteiger partial charge in [-0.2, -0.15) is 0 Å². The van der Waals surface area contributed by atoms with Gasteiger partial charge in [-0.25, -0.2) is 4.98 Å². The highest BCUT2D eigenvalue weighted by Gasteiger charge is 2.23. The van der Waals surface area contributed by atoms with Crippen molar-refractivity contribution in [3.8, 4) is 5.75 Å². The number of nitrogens with zero attached hydrogens (tertiary/aromatic N) is 2. The first kappa shape index (κ1) is 23.4. The summed E-state index contributed by atoms with van der Waals surface area (Å²) in [6.45, 7) is 1.47. The molecule has 0 saturated heterocycles. The van der Waals surface area contributed by atoms with E-state index >= 15 is 0 Å². The van der Waals surface area contributed by atoms with Gasteiger partial charge in [-0.3, -0.25) is 0 Å². The average molecular weight is 501 g/mol. The van der Waals surface area contributed by atoms with Gasteiger partial charge in [-0.1, -0.05) is 97.1 Å². The number of ether oxygens (including phenoxy) is 1. The second-order valence-electron chi connectivity index (χ2n) is 9.01. The maximum Gasteiger partial charge on any atom is 0.127 e. The quantitative estimate of drug-likeness (QED) is 0.147. The van der Waals surface area contributed by atoms with E-state index in [0.717, 1.165) is 41.0 Å². The van der Waals surface area contributed by atoms with Crippen LogP contribution in [0, 0.1) is 0 Å². The normalized spacial score (nSPS) is 12.1. The van der Waals surface area contributed by atoms with E-state index in [1.165, 1.54) is 15.8 Å². The summed E-state index contributed by atoms with van der Waals surface area (Å²) in [7, 11) is 0. The molecule has 6 rings (SSSR count). The van der Waals surface area contributed by atoms with Crippen LogP contribution < -0.4 is 4.74 Å². The Kier molecular flexibility index (Phi) is 6.91. The molecule has 0 aliphatic rings. The molecule has 6 aromatic rings. The van der Waals surface area contributed by atoms with Crippen molar-refractivity contribution >= 4 is 33.6 Å². The Morgan fingerprint density at radius 3 is 2.27 bits per heavy atom. The van der Waals surface area contributed by atoms with E-state index in [4.69, 9.17) is 9.72 Å². The maximum atomic E-state index is 6.27. The van der Waals surface area contributed by atoms with Gasteiger partial charge in [0, 0.05) is 16.8 Å².